The van der Waals surface area contributed by atoms with E-state index in [4.69, 9.17) is 5.73 Å². The van der Waals surface area contributed by atoms with Crippen LogP contribution in [0, 0.1) is 5.82 Å². The van der Waals surface area contributed by atoms with Gasteiger partial charge in [0.25, 0.3) is 0 Å². The van der Waals surface area contributed by atoms with Gasteiger partial charge in [0.15, 0.2) is 0 Å². The first kappa shape index (κ1) is 14.5. The molecule has 20 heavy (non-hydrogen) atoms. The van der Waals surface area contributed by atoms with Crippen LogP contribution >= 0.6 is 0 Å². The predicted octanol–water partition coefficient (Wildman–Crippen LogP) is 0.973. The third kappa shape index (κ3) is 3.55. The first-order valence-electron chi connectivity index (χ1n) is 6.01. The van der Waals surface area contributed by atoms with Gasteiger partial charge in [0.2, 0.25) is 10.0 Å². The summed E-state index contributed by atoms with van der Waals surface area (Å²) in [4.78, 5) is -0.113. The second-order valence-corrected chi connectivity index (χ2v) is 5.94. The average molecular weight is 298 g/mol. The number of nitrogens with one attached hydrogen (secondary N) is 1. The largest absolute Gasteiger partial charge is 0.398 e. The van der Waals surface area contributed by atoms with E-state index in [-0.39, 0.29) is 17.1 Å². The molecule has 1 aromatic carbocycles. The SMILES string of the molecule is Nc1cc(F)ccc1S(=O)(=O)NCCCn1cccn1. The van der Waals surface area contributed by atoms with Gasteiger partial charge in [0.1, 0.15) is 10.7 Å². The summed E-state index contributed by atoms with van der Waals surface area (Å²) in [5.74, 6) is -0.569. The number of nitrogens with zero attached hydrogens (tertiary/aromatic N) is 2. The summed E-state index contributed by atoms with van der Waals surface area (Å²) < 4.78 is 41.0. The molecule has 0 fully saturated rings. The molecule has 1 aromatic heterocycles. The molecule has 108 valence electrons. The van der Waals surface area contributed by atoms with Crippen molar-refractivity contribution in [3.05, 3.63) is 42.5 Å². The minimum atomic E-state index is -3.72. The van der Waals surface area contributed by atoms with Gasteiger partial charge in [-0.1, -0.05) is 0 Å². The smallest absolute Gasteiger partial charge is 0.242 e. The molecule has 0 radical (unpaired) electrons. The molecule has 0 amide bonds. The van der Waals surface area contributed by atoms with E-state index in [9.17, 15) is 12.8 Å². The van der Waals surface area contributed by atoms with Gasteiger partial charge in [-0.3, -0.25) is 4.68 Å². The van der Waals surface area contributed by atoms with E-state index < -0.39 is 15.8 Å². The average Bonchev–Trinajstić information content (AvgIpc) is 2.87. The highest BCUT2D eigenvalue weighted by Gasteiger charge is 2.17. The van der Waals surface area contributed by atoms with Crippen molar-refractivity contribution in [1.82, 2.24) is 14.5 Å². The predicted molar refractivity (Wildman–Crippen MR) is 72.8 cm³/mol. The van der Waals surface area contributed by atoms with Crippen LogP contribution in [-0.4, -0.2) is 24.7 Å². The van der Waals surface area contributed by atoms with Gasteiger partial charge >= 0.3 is 0 Å². The van der Waals surface area contributed by atoms with Gasteiger partial charge in [-0.2, -0.15) is 5.10 Å². The van der Waals surface area contributed by atoms with E-state index in [0.717, 1.165) is 18.2 Å². The molecule has 0 saturated carbocycles. The zero-order chi connectivity index (χ0) is 14.6. The first-order valence-corrected chi connectivity index (χ1v) is 7.49. The van der Waals surface area contributed by atoms with Crippen LogP contribution in [-0.2, 0) is 16.6 Å². The lowest BCUT2D eigenvalue weighted by Gasteiger charge is -2.09. The lowest BCUT2D eigenvalue weighted by molar-refractivity contribution is 0.553. The molecule has 0 spiro atoms. The van der Waals surface area contributed by atoms with Gasteiger partial charge < -0.3 is 5.73 Å². The van der Waals surface area contributed by atoms with E-state index in [1.807, 2.05) is 0 Å². The van der Waals surface area contributed by atoms with E-state index in [2.05, 4.69) is 9.82 Å². The van der Waals surface area contributed by atoms with Gasteiger partial charge in [0.05, 0.1) is 5.69 Å². The second-order valence-electron chi connectivity index (χ2n) is 4.20. The molecule has 0 atom stereocenters. The van der Waals surface area contributed by atoms with Gasteiger partial charge in [-0.25, -0.2) is 17.5 Å². The number of aryl methyl sites for hydroxylation is 1. The van der Waals surface area contributed by atoms with Gasteiger partial charge in [0, 0.05) is 25.5 Å². The summed E-state index contributed by atoms with van der Waals surface area (Å²) in [7, 11) is -3.72. The Hall–Kier alpha value is -1.93. The number of rotatable bonds is 6. The summed E-state index contributed by atoms with van der Waals surface area (Å²) in [6.07, 6.45) is 4.04. The molecule has 2 aromatic rings. The lowest BCUT2D eigenvalue weighted by Crippen LogP contribution is -2.26. The Morgan fingerprint density at radius 3 is 2.85 bits per heavy atom. The van der Waals surface area contributed by atoms with Crippen LogP contribution in [0.5, 0.6) is 0 Å². The fourth-order valence-electron chi connectivity index (χ4n) is 1.72. The monoisotopic (exact) mass is 298 g/mol. The quantitative estimate of drug-likeness (QED) is 0.614. The molecule has 3 N–H and O–H groups in total. The number of nitrogens with two attached hydrogens (primary N) is 1. The highest BCUT2D eigenvalue weighted by atomic mass is 32.2. The van der Waals surface area contributed by atoms with Crippen molar-refractivity contribution in [2.45, 2.75) is 17.9 Å². The van der Waals surface area contributed by atoms with Crippen LogP contribution in [0.3, 0.4) is 0 Å². The highest BCUT2D eigenvalue weighted by molar-refractivity contribution is 7.89. The maximum absolute atomic E-state index is 12.9. The van der Waals surface area contributed by atoms with Crippen molar-refractivity contribution >= 4 is 15.7 Å². The minimum absolute atomic E-state index is 0.107. The lowest BCUT2D eigenvalue weighted by atomic mass is 10.3. The maximum atomic E-state index is 12.9. The van der Waals surface area contributed by atoms with Gasteiger partial charge in [-0.05, 0) is 30.7 Å². The molecule has 0 aliphatic rings. The van der Waals surface area contributed by atoms with E-state index in [1.165, 1.54) is 0 Å². The number of hydrogen-bond acceptors (Lipinski definition) is 4. The van der Waals surface area contributed by atoms with Crippen LogP contribution in [0.25, 0.3) is 0 Å². The summed E-state index contributed by atoms with van der Waals surface area (Å²) in [5, 5.41) is 4.01. The Labute approximate surface area is 116 Å². The van der Waals surface area contributed by atoms with Crippen LogP contribution in [0.2, 0.25) is 0 Å². The Bertz CT molecular complexity index is 671. The summed E-state index contributed by atoms with van der Waals surface area (Å²) >= 11 is 0. The van der Waals surface area contributed by atoms with E-state index >= 15 is 0 Å². The van der Waals surface area contributed by atoms with Crippen molar-refractivity contribution in [3.63, 3.8) is 0 Å². The van der Waals surface area contributed by atoms with Crippen LogP contribution < -0.4 is 10.5 Å². The highest BCUT2D eigenvalue weighted by Crippen LogP contribution is 2.18. The van der Waals surface area contributed by atoms with Crippen molar-refractivity contribution in [2.75, 3.05) is 12.3 Å². The standard InChI is InChI=1S/C12H15FN4O2S/c13-10-3-4-12(11(14)9-10)20(18,19)16-6-2-8-17-7-1-5-15-17/h1,3-5,7,9,16H,2,6,8,14H2. The molecule has 0 unspecified atom stereocenters. The minimum Gasteiger partial charge on any atom is -0.398 e. The number of nitrogen functional groups attached to an aromatic ring is 1. The van der Waals surface area contributed by atoms with Crippen LogP contribution in [0.1, 0.15) is 6.42 Å². The fourth-order valence-corrected chi connectivity index (χ4v) is 2.91. The van der Waals surface area contributed by atoms with Crippen molar-refractivity contribution in [3.8, 4) is 0 Å². The van der Waals surface area contributed by atoms with Crippen LogP contribution in [0.4, 0.5) is 10.1 Å². The third-order valence-electron chi connectivity index (χ3n) is 2.68. The summed E-state index contributed by atoms with van der Waals surface area (Å²) in [5.41, 5.74) is 5.41. The van der Waals surface area contributed by atoms with E-state index in [0.29, 0.717) is 13.0 Å². The number of sulfonamides is 1. The normalized spacial score (nSPS) is 11.7. The molecule has 1 heterocycles. The molecule has 0 saturated heterocycles. The van der Waals surface area contributed by atoms with E-state index in [1.54, 1.807) is 23.1 Å². The number of anilines is 1. The van der Waals surface area contributed by atoms with Crippen molar-refractivity contribution < 1.29 is 12.8 Å². The third-order valence-corrected chi connectivity index (χ3v) is 4.21. The number of aromatic nitrogens is 2. The second kappa shape index (κ2) is 6.02. The molecule has 6 nitrogen and oxygen atoms in total. The Morgan fingerprint density at radius 1 is 1.40 bits per heavy atom. The summed E-state index contributed by atoms with van der Waals surface area (Å²) in [6.45, 7) is 0.855. The molecule has 0 aliphatic heterocycles. The Balaban J connectivity index is 1.93. The number of halogens is 1. The first-order chi connectivity index (χ1) is 9.49. The number of benzene rings is 1. The molecule has 2 rings (SSSR count). The topological polar surface area (TPSA) is 90.0 Å². The number of hydrogen-bond donors (Lipinski definition) is 2. The zero-order valence-electron chi connectivity index (χ0n) is 10.7. The van der Waals surface area contributed by atoms with Crippen molar-refractivity contribution in [2.24, 2.45) is 0 Å². The maximum Gasteiger partial charge on any atom is 0.242 e. The Morgan fingerprint density at radius 2 is 2.20 bits per heavy atom. The molecule has 0 bridgehead atoms. The summed E-state index contributed by atoms with van der Waals surface area (Å²) in [6, 6.07) is 5.00. The van der Waals surface area contributed by atoms with Crippen molar-refractivity contribution in [1.29, 1.82) is 0 Å². The fraction of sp³-hybridized carbons (Fsp3) is 0.250. The molecular weight excluding hydrogens is 283 g/mol. The molecule has 0 aliphatic carbocycles. The van der Waals surface area contributed by atoms with Gasteiger partial charge in [-0.15, -0.1) is 0 Å². The molecule has 8 heteroatoms. The molecular formula is C12H15FN4O2S. The Kier molecular flexibility index (Phi) is 4.35. The van der Waals surface area contributed by atoms with Crippen LogP contribution in [0.15, 0.2) is 41.6 Å². The zero-order valence-corrected chi connectivity index (χ0v) is 11.5.